The van der Waals surface area contributed by atoms with Crippen molar-refractivity contribution in [3.8, 4) is 0 Å². The van der Waals surface area contributed by atoms with Gasteiger partial charge in [0.2, 0.25) is 5.91 Å². The van der Waals surface area contributed by atoms with Crippen molar-refractivity contribution in [1.29, 1.82) is 0 Å². The van der Waals surface area contributed by atoms with Gasteiger partial charge >= 0.3 is 6.18 Å². The zero-order valence-electron chi connectivity index (χ0n) is 16.4. The minimum Gasteiger partial charge on any atom is -0.309 e. The molecule has 31 heavy (non-hydrogen) atoms. The summed E-state index contributed by atoms with van der Waals surface area (Å²) >= 11 is 8.94. The maximum absolute atomic E-state index is 13.2. The number of nitrogens with zero attached hydrogens (tertiary/aromatic N) is 4. The monoisotopic (exact) mass is 521 g/mol. The molecule has 2 aromatic heterocycles. The Hall–Kier alpha value is -2.40. The lowest BCUT2D eigenvalue weighted by Crippen LogP contribution is -2.16. The van der Waals surface area contributed by atoms with E-state index in [4.69, 9.17) is 11.6 Å². The first-order chi connectivity index (χ1) is 14.5. The third-order valence-corrected chi connectivity index (χ3v) is 5.84. The highest BCUT2D eigenvalue weighted by molar-refractivity contribution is 9.10. The normalized spacial score (nSPS) is 11.7. The van der Waals surface area contributed by atoms with Crippen molar-refractivity contribution in [1.82, 2.24) is 19.6 Å². The second kappa shape index (κ2) is 8.99. The zero-order chi connectivity index (χ0) is 22.9. The number of rotatable bonds is 6. The minimum absolute atomic E-state index is 0.0305. The number of alkyl halides is 3. The van der Waals surface area contributed by atoms with Crippen molar-refractivity contribution in [3.05, 3.63) is 62.2 Å². The van der Waals surface area contributed by atoms with Crippen LogP contribution in [-0.4, -0.2) is 25.5 Å². The van der Waals surface area contributed by atoms with Crippen molar-refractivity contribution in [3.63, 3.8) is 0 Å². The van der Waals surface area contributed by atoms with Gasteiger partial charge in [0.1, 0.15) is 5.82 Å². The molecule has 3 rings (SSSR count). The molecule has 0 aliphatic carbocycles. The molecule has 0 aliphatic heterocycles. The molecule has 2 heterocycles. The molecule has 166 valence electrons. The number of amides is 1. The fraction of sp³-hybridized carbons (Fsp3) is 0.316. The average Bonchev–Trinajstić information content (AvgIpc) is 3.15. The molecular formula is C19H17BrClF4N5O. The third kappa shape index (κ3) is 5.45. The predicted molar refractivity (Wildman–Crippen MR) is 110 cm³/mol. The summed E-state index contributed by atoms with van der Waals surface area (Å²) in [4.78, 5) is 12.3. The lowest BCUT2D eigenvalue weighted by atomic mass is 10.2. The van der Waals surface area contributed by atoms with Gasteiger partial charge in [-0.25, -0.2) is 4.39 Å². The lowest BCUT2D eigenvalue weighted by molar-refractivity contribution is -0.142. The number of carbonyl (C=O) groups is 1. The van der Waals surface area contributed by atoms with Gasteiger partial charge in [-0.2, -0.15) is 23.4 Å². The topological polar surface area (TPSA) is 64.7 Å². The van der Waals surface area contributed by atoms with Crippen LogP contribution in [0.4, 0.5) is 23.4 Å². The number of nitrogens with one attached hydrogen (secondary N) is 1. The van der Waals surface area contributed by atoms with Crippen molar-refractivity contribution < 1.29 is 22.4 Å². The van der Waals surface area contributed by atoms with Gasteiger partial charge in [-0.1, -0.05) is 17.7 Å². The Kier molecular flexibility index (Phi) is 6.75. The Morgan fingerprint density at radius 1 is 1.19 bits per heavy atom. The van der Waals surface area contributed by atoms with E-state index in [9.17, 15) is 22.4 Å². The Balaban J connectivity index is 1.63. The van der Waals surface area contributed by atoms with E-state index in [-0.39, 0.29) is 40.5 Å². The summed E-state index contributed by atoms with van der Waals surface area (Å²) < 4.78 is 54.6. The fourth-order valence-corrected chi connectivity index (χ4v) is 3.61. The van der Waals surface area contributed by atoms with Crippen LogP contribution in [0, 0.1) is 19.7 Å². The van der Waals surface area contributed by atoms with Crippen LogP contribution in [0.15, 0.2) is 28.7 Å². The fourth-order valence-electron chi connectivity index (χ4n) is 2.88. The summed E-state index contributed by atoms with van der Waals surface area (Å²) in [5.74, 6) is -0.583. The molecule has 0 bridgehead atoms. The van der Waals surface area contributed by atoms with E-state index >= 15 is 0 Å². The highest BCUT2D eigenvalue weighted by Gasteiger charge is 2.37. The van der Waals surface area contributed by atoms with Gasteiger partial charge in [0.05, 0.1) is 23.3 Å². The SMILES string of the molecule is Cc1cc(NC(=O)CCn2nc(C(F)(F)F)c(Br)c2C)nn1Cc1ccc(F)cc1Cl. The molecule has 1 aromatic carbocycles. The smallest absolute Gasteiger partial charge is 0.309 e. The van der Waals surface area contributed by atoms with Crippen LogP contribution in [0.5, 0.6) is 0 Å². The molecule has 0 saturated carbocycles. The van der Waals surface area contributed by atoms with Gasteiger partial charge in [0.25, 0.3) is 0 Å². The van der Waals surface area contributed by atoms with Crippen LogP contribution in [0.2, 0.25) is 5.02 Å². The Morgan fingerprint density at radius 3 is 2.52 bits per heavy atom. The van der Waals surface area contributed by atoms with Crippen LogP contribution >= 0.6 is 27.5 Å². The molecule has 0 spiro atoms. The molecule has 1 N–H and O–H groups in total. The molecule has 1 amide bonds. The highest BCUT2D eigenvalue weighted by Crippen LogP contribution is 2.35. The largest absolute Gasteiger partial charge is 0.436 e. The van der Waals surface area contributed by atoms with E-state index < -0.39 is 23.6 Å². The van der Waals surface area contributed by atoms with Crippen LogP contribution < -0.4 is 5.32 Å². The number of aryl methyl sites for hydroxylation is 2. The van der Waals surface area contributed by atoms with Gasteiger partial charge in [-0.15, -0.1) is 0 Å². The van der Waals surface area contributed by atoms with Crippen molar-refractivity contribution in [2.75, 3.05) is 5.32 Å². The summed E-state index contributed by atoms with van der Waals surface area (Å²) in [5, 5.41) is 10.7. The number of carbonyl (C=O) groups excluding carboxylic acids is 1. The maximum Gasteiger partial charge on any atom is 0.436 e. The number of benzene rings is 1. The molecule has 0 atom stereocenters. The second-order valence-electron chi connectivity index (χ2n) is 6.83. The molecule has 0 radical (unpaired) electrons. The van der Waals surface area contributed by atoms with E-state index in [2.05, 4.69) is 31.4 Å². The third-order valence-electron chi connectivity index (χ3n) is 4.54. The van der Waals surface area contributed by atoms with E-state index in [1.54, 1.807) is 23.7 Å². The lowest BCUT2D eigenvalue weighted by Gasteiger charge is -2.07. The van der Waals surface area contributed by atoms with Gasteiger partial charge in [-0.05, 0) is 47.5 Å². The Morgan fingerprint density at radius 2 is 1.90 bits per heavy atom. The van der Waals surface area contributed by atoms with Crippen molar-refractivity contribution in [2.24, 2.45) is 0 Å². The van der Waals surface area contributed by atoms with Crippen molar-refractivity contribution >= 4 is 39.3 Å². The molecule has 0 saturated heterocycles. The molecule has 12 heteroatoms. The summed E-state index contributed by atoms with van der Waals surface area (Å²) in [6.07, 6.45) is -4.68. The van der Waals surface area contributed by atoms with Crippen LogP contribution in [0.3, 0.4) is 0 Å². The standard InChI is InChI=1S/C19H17BrClF4N5O/c1-10-7-15(27-30(10)9-12-3-4-13(22)8-14(12)21)26-16(31)5-6-29-11(2)17(20)18(28-29)19(23,24)25/h3-4,7-8H,5-6,9H2,1-2H3,(H,26,27,31). The van der Waals surface area contributed by atoms with Gasteiger partial charge in [0, 0.05) is 23.2 Å². The average molecular weight is 523 g/mol. The van der Waals surface area contributed by atoms with Gasteiger partial charge in [0.15, 0.2) is 11.5 Å². The number of halogens is 6. The first kappa shape index (κ1) is 23.3. The number of hydrogen-bond acceptors (Lipinski definition) is 3. The molecule has 0 fully saturated rings. The molecule has 0 unspecified atom stereocenters. The van der Waals surface area contributed by atoms with E-state index in [0.717, 1.165) is 10.4 Å². The summed E-state index contributed by atoms with van der Waals surface area (Å²) in [7, 11) is 0. The van der Waals surface area contributed by atoms with E-state index in [1.165, 1.54) is 19.1 Å². The molecule has 3 aromatic rings. The van der Waals surface area contributed by atoms with Crippen LogP contribution in [-0.2, 0) is 24.1 Å². The predicted octanol–water partition coefficient (Wildman–Crippen LogP) is 5.35. The Bertz CT molecular complexity index is 1130. The highest BCUT2D eigenvalue weighted by atomic mass is 79.9. The summed E-state index contributed by atoms with van der Waals surface area (Å²) in [6, 6.07) is 5.70. The molecule has 0 aliphatic rings. The van der Waals surface area contributed by atoms with Crippen molar-refractivity contribution in [2.45, 2.75) is 39.5 Å². The number of anilines is 1. The quantitative estimate of drug-likeness (QED) is 0.444. The maximum atomic E-state index is 13.2. The molecular weight excluding hydrogens is 506 g/mol. The Labute approximate surface area is 188 Å². The summed E-state index contributed by atoms with van der Waals surface area (Å²) in [5.41, 5.74) is 0.639. The first-order valence-electron chi connectivity index (χ1n) is 9.04. The van der Waals surface area contributed by atoms with E-state index in [1.807, 2.05) is 0 Å². The zero-order valence-corrected chi connectivity index (χ0v) is 18.7. The van der Waals surface area contributed by atoms with Crippen LogP contribution in [0.25, 0.3) is 0 Å². The minimum atomic E-state index is -4.59. The first-order valence-corrected chi connectivity index (χ1v) is 10.2. The summed E-state index contributed by atoms with van der Waals surface area (Å²) in [6.45, 7) is 3.51. The second-order valence-corrected chi connectivity index (χ2v) is 8.03. The van der Waals surface area contributed by atoms with Gasteiger partial charge < -0.3 is 5.32 Å². The van der Waals surface area contributed by atoms with E-state index in [0.29, 0.717) is 5.56 Å². The van der Waals surface area contributed by atoms with Gasteiger partial charge in [-0.3, -0.25) is 14.2 Å². The molecule has 6 nitrogen and oxygen atoms in total. The number of hydrogen-bond donors (Lipinski definition) is 1. The number of aromatic nitrogens is 4. The van der Waals surface area contributed by atoms with Crippen LogP contribution in [0.1, 0.15) is 29.1 Å².